The number of nitrogens with zero attached hydrogens (tertiary/aromatic N) is 1. The van der Waals surface area contributed by atoms with Crippen LogP contribution in [0.2, 0.25) is 0 Å². The van der Waals surface area contributed by atoms with Gasteiger partial charge in [0, 0.05) is 12.4 Å². The summed E-state index contributed by atoms with van der Waals surface area (Å²) in [7, 11) is 1.57. The first-order valence-electron chi connectivity index (χ1n) is 8.21. The van der Waals surface area contributed by atoms with E-state index in [-0.39, 0.29) is 6.61 Å². The summed E-state index contributed by atoms with van der Waals surface area (Å²) in [6.07, 6.45) is 9.02. The first-order chi connectivity index (χ1) is 12.2. The highest BCUT2D eigenvalue weighted by Gasteiger charge is 2.09. The molecule has 1 aromatic heterocycles. The number of ether oxygens (including phenoxy) is 3. The van der Waals surface area contributed by atoms with Gasteiger partial charge in [0.1, 0.15) is 0 Å². The molecule has 0 bridgehead atoms. The summed E-state index contributed by atoms with van der Waals surface area (Å²) in [6.45, 7) is 2.15. The van der Waals surface area contributed by atoms with E-state index in [1.807, 2.05) is 49.5 Å². The smallest absolute Gasteiger partial charge is 0.344 e. The molecule has 0 unspecified atom stereocenters. The van der Waals surface area contributed by atoms with Crippen molar-refractivity contribution >= 4 is 12.0 Å². The number of allylic oxidation sites excluding steroid dienone is 1. The highest BCUT2D eigenvalue weighted by Crippen LogP contribution is 2.28. The zero-order valence-corrected chi connectivity index (χ0v) is 14.6. The maximum absolute atomic E-state index is 11.8. The van der Waals surface area contributed by atoms with Gasteiger partial charge in [-0.15, -0.1) is 0 Å². The van der Waals surface area contributed by atoms with Gasteiger partial charge >= 0.3 is 5.97 Å². The molecule has 0 saturated heterocycles. The SMILES string of the molecule is CC=Cc1ccc(OCC(=O)OCCCc2cccnc2)c(OC)c1. The maximum atomic E-state index is 11.8. The standard InChI is InChI=1S/C20H23NO4/c1-3-6-16-9-10-18(19(13-16)23-2)25-15-20(22)24-12-5-8-17-7-4-11-21-14-17/h3-4,6-7,9-11,13-14H,5,8,12,15H2,1-2H3. The molecular weight excluding hydrogens is 318 g/mol. The molecule has 0 spiro atoms. The Kier molecular flexibility index (Phi) is 7.50. The Hall–Kier alpha value is -2.82. The van der Waals surface area contributed by atoms with Crippen molar-refractivity contribution in [1.29, 1.82) is 0 Å². The average molecular weight is 341 g/mol. The van der Waals surface area contributed by atoms with Crippen LogP contribution >= 0.6 is 0 Å². The van der Waals surface area contributed by atoms with E-state index in [2.05, 4.69) is 4.98 Å². The highest BCUT2D eigenvalue weighted by atomic mass is 16.6. The number of hydrogen-bond acceptors (Lipinski definition) is 5. The Bertz CT molecular complexity index is 698. The monoisotopic (exact) mass is 341 g/mol. The number of carbonyl (C=O) groups excluding carboxylic acids is 1. The van der Waals surface area contributed by atoms with Crippen LogP contribution in [0.5, 0.6) is 11.5 Å². The van der Waals surface area contributed by atoms with Crippen LogP contribution < -0.4 is 9.47 Å². The molecule has 25 heavy (non-hydrogen) atoms. The number of esters is 1. The molecule has 0 aliphatic carbocycles. The number of methoxy groups -OCH3 is 1. The minimum Gasteiger partial charge on any atom is -0.493 e. The Morgan fingerprint density at radius 1 is 1.24 bits per heavy atom. The number of carbonyl (C=O) groups is 1. The summed E-state index contributed by atoms with van der Waals surface area (Å²) >= 11 is 0. The number of benzene rings is 1. The van der Waals surface area contributed by atoms with Crippen molar-refractivity contribution in [2.45, 2.75) is 19.8 Å². The van der Waals surface area contributed by atoms with E-state index >= 15 is 0 Å². The third-order valence-electron chi connectivity index (χ3n) is 3.49. The molecule has 2 aromatic rings. The van der Waals surface area contributed by atoms with Gasteiger partial charge < -0.3 is 14.2 Å². The van der Waals surface area contributed by atoms with Crippen molar-refractivity contribution in [3.63, 3.8) is 0 Å². The largest absolute Gasteiger partial charge is 0.493 e. The van der Waals surface area contributed by atoms with Crippen LogP contribution in [0.25, 0.3) is 6.08 Å². The van der Waals surface area contributed by atoms with Gasteiger partial charge in [-0.05, 0) is 49.1 Å². The normalized spacial score (nSPS) is 10.6. The molecule has 2 rings (SSSR count). The minimum absolute atomic E-state index is 0.147. The summed E-state index contributed by atoms with van der Waals surface area (Å²) < 4.78 is 16.0. The number of aryl methyl sites for hydroxylation is 1. The zero-order chi connectivity index (χ0) is 17.9. The zero-order valence-electron chi connectivity index (χ0n) is 14.6. The number of hydrogen-bond donors (Lipinski definition) is 0. The Morgan fingerprint density at radius 3 is 2.84 bits per heavy atom. The molecule has 0 radical (unpaired) electrons. The molecule has 1 aromatic carbocycles. The van der Waals surface area contributed by atoms with E-state index in [9.17, 15) is 4.79 Å². The molecule has 0 N–H and O–H groups in total. The van der Waals surface area contributed by atoms with Crippen molar-refractivity contribution in [3.8, 4) is 11.5 Å². The highest BCUT2D eigenvalue weighted by molar-refractivity contribution is 5.71. The fourth-order valence-electron chi connectivity index (χ4n) is 2.29. The van der Waals surface area contributed by atoms with Gasteiger partial charge in [0.15, 0.2) is 18.1 Å². The predicted molar refractivity (Wildman–Crippen MR) is 96.7 cm³/mol. The Balaban J connectivity index is 1.74. The molecule has 0 aliphatic heterocycles. The van der Waals surface area contributed by atoms with Crippen LogP contribution in [-0.4, -0.2) is 31.3 Å². The Morgan fingerprint density at radius 2 is 2.12 bits per heavy atom. The van der Waals surface area contributed by atoms with Crippen molar-refractivity contribution in [2.75, 3.05) is 20.3 Å². The first kappa shape index (κ1) is 18.5. The van der Waals surface area contributed by atoms with Gasteiger partial charge in [-0.25, -0.2) is 4.79 Å². The van der Waals surface area contributed by atoms with E-state index in [0.29, 0.717) is 18.1 Å². The fourth-order valence-corrected chi connectivity index (χ4v) is 2.29. The molecule has 5 nitrogen and oxygen atoms in total. The van der Waals surface area contributed by atoms with Crippen molar-refractivity contribution in [1.82, 2.24) is 4.98 Å². The van der Waals surface area contributed by atoms with E-state index < -0.39 is 5.97 Å². The van der Waals surface area contributed by atoms with Crippen LogP contribution in [0.4, 0.5) is 0 Å². The minimum atomic E-state index is -0.397. The molecule has 0 amide bonds. The molecule has 0 saturated carbocycles. The Labute approximate surface area is 148 Å². The van der Waals surface area contributed by atoms with Crippen LogP contribution in [0.1, 0.15) is 24.5 Å². The van der Waals surface area contributed by atoms with Gasteiger partial charge in [0.2, 0.25) is 0 Å². The van der Waals surface area contributed by atoms with Crippen molar-refractivity contribution in [3.05, 3.63) is 59.9 Å². The van der Waals surface area contributed by atoms with Gasteiger partial charge in [-0.3, -0.25) is 4.98 Å². The lowest BCUT2D eigenvalue weighted by Crippen LogP contribution is -2.16. The predicted octanol–water partition coefficient (Wildman–Crippen LogP) is 3.68. The summed E-state index contributed by atoms with van der Waals surface area (Å²) in [5.41, 5.74) is 2.13. The lowest BCUT2D eigenvalue weighted by molar-refractivity contribution is -0.146. The van der Waals surface area contributed by atoms with E-state index in [4.69, 9.17) is 14.2 Å². The first-order valence-corrected chi connectivity index (χ1v) is 8.21. The van der Waals surface area contributed by atoms with Crippen LogP contribution in [0.3, 0.4) is 0 Å². The van der Waals surface area contributed by atoms with Gasteiger partial charge in [-0.2, -0.15) is 0 Å². The number of rotatable bonds is 9. The molecule has 132 valence electrons. The fraction of sp³-hybridized carbons (Fsp3) is 0.300. The molecular formula is C20H23NO4. The molecule has 1 heterocycles. The van der Waals surface area contributed by atoms with Gasteiger partial charge in [0.25, 0.3) is 0 Å². The van der Waals surface area contributed by atoms with Gasteiger partial charge in [-0.1, -0.05) is 24.3 Å². The molecule has 0 aliphatic rings. The lowest BCUT2D eigenvalue weighted by atomic mass is 10.2. The lowest BCUT2D eigenvalue weighted by Gasteiger charge is -2.11. The molecule has 0 fully saturated rings. The second-order valence-electron chi connectivity index (χ2n) is 5.38. The third-order valence-corrected chi connectivity index (χ3v) is 3.49. The number of aromatic nitrogens is 1. The second-order valence-corrected chi connectivity index (χ2v) is 5.38. The van der Waals surface area contributed by atoms with Crippen LogP contribution in [-0.2, 0) is 16.0 Å². The summed E-state index contributed by atoms with van der Waals surface area (Å²) in [5.74, 6) is 0.703. The maximum Gasteiger partial charge on any atom is 0.344 e. The second kappa shape index (κ2) is 10.1. The summed E-state index contributed by atoms with van der Waals surface area (Å²) in [6, 6.07) is 9.43. The van der Waals surface area contributed by atoms with Crippen LogP contribution in [0.15, 0.2) is 48.8 Å². The average Bonchev–Trinajstić information content (AvgIpc) is 2.65. The number of pyridine rings is 1. The summed E-state index contributed by atoms with van der Waals surface area (Å²) in [5, 5.41) is 0. The third kappa shape index (κ3) is 6.30. The van der Waals surface area contributed by atoms with Gasteiger partial charge in [0.05, 0.1) is 13.7 Å². The quantitative estimate of drug-likeness (QED) is 0.514. The van der Waals surface area contributed by atoms with E-state index in [1.54, 1.807) is 19.4 Å². The molecule has 0 atom stereocenters. The molecule has 5 heteroatoms. The summed E-state index contributed by atoms with van der Waals surface area (Å²) in [4.78, 5) is 15.8. The van der Waals surface area contributed by atoms with Crippen molar-refractivity contribution in [2.24, 2.45) is 0 Å². The van der Waals surface area contributed by atoms with E-state index in [0.717, 1.165) is 24.0 Å². The van der Waals surface area contributed by atoms with Crippen LogP contribution in [0, 0.1) is 0 Å². The topological polar surface area (TPSA) is 57.7 Å². The van der Waals surface area contributed by atoms with E-state index in [1.165, 1.54) is 0 Å². The van der Waals surface area contributed by atoms with Crippen molar-refractivity contribution < 1.29 is 19.0 Å².